The largest absolute Gasteiger partial charge is 0.497 e. The van der Waals surface area contributed by atoms with Crippen molar-refractivity contribution in [2.24, 2.45) is 5.92 Å². The van der Waals surface area contributed by atoms with Crippen LogP contribution in [0.1, 0.15) is 31.4 Å². The number of carbonyl (C=O) groups excluding carboxylic acids is 1. The molecule has 1 aromatic carbocycles. The number of methoxy groups -OCH3 is 1. The molecule has 0 N–H and O–H groups in total. The molecule has 1 saturated heterocycles. The molecule has 1 aromatic rings. The predicted molar refractivity (Wildman–Crippen MR) is 77.7 cm³/mol. The number of ether oxygens (including phenoxy) is 2. The zero-order valence-electron chi connectivity index (χ0n) is 12.5. The third-order valence-corrected chi connectivity index (χ3v) is 4.10. The zero-order valence-corrected chi connectivity index (χ0v) is 12.5. The number of carbonyl (C=O) groups is 1. The highest BCUT2D eigenvalue weighted by atomic mass is 16.5. The van der Waals surface area contributed by atoms with E-state index < -0.39 is 0 Å². The van der Waals surface area contributed by atoms with Crippen molar-refractivity contribution in [2.75, 3.05) is 27.4 Å². The van der Waals surface area contributed by atoms with Crippen LogP contribution in [0.25, 0.3) is 0 Å². The van der Waals surface area contributed by atoms with Gasteiger partial charge in [0.2, 0.25) is 5.91 Å². The molecule has 1 heterocycles. The first kappa shape index (κ1) is 14.9. The third kappa shape index (κ3) is 3.31. The summed E-state index contributed by atoms with van der Waals surface area (Å²) in [7, 11) is 3.53. The lowest BCUT2D eigenvalue weighted by Gasteiger charge is -2.31. The monoisotopic (exact) mass is 277 g/mol. The minimum Gasteiger partial charge on any atom is -0.497 e. The van der Waals surface area contributed by atoms with Crippen LogP contribution in [0.4, 0.5) is 0 Å². The predicted octanol–water partition coefficient (Wildman–Crippen LogP) is 2.64. The van der Waals surface area contributed by atoms with Crippen molar-refractivity contribution in [1.82, 2.24) is 4.90 Å². The molecule has 0 aromatic heterocycles. The Labute approximate surface area is 120 Å². The first-order chi connectivity index (χ1) is 9.63. The molecule has 0 spiro atoms. The first-order valence-corrected chi connectivity index (χ1v) is 7.12. The summed E-state index contributed by atoms with van der Waals surface area (Å²) >= 11 is 0. The Hall–Kier alpha value is -1.55. The number of benzene rings is 1. The van der Waals surface area contributed by atoms with Crippen LogP contribution in [0.15, 0.2) is 24.3 Å². The van der Waals surface area contributed by atoms with Crippen LogP contribution >= 0.6 is 0 Å². The van der Waals surface area contributed by atoms with Crippen LogP contribution < -0.4 is 4.74 Å². The maximum Gasteiger partial charge on any atom is 0.226 e. The zero-order chi connectivity index (χ0) is 14.5. The van der Waals surface area contributed by atoms with Crippen LogP contribution in [0.5, 0.6) is 5.75 Å². The number of nitrogens with zero attached hydrogens (tertiary/aromatic N) is 1. The fourth-order valence-electron chi connectivity index (χ4n) is 2.53. The Morgan fingerprint density at radius 2 is 1.90 bits per heavy atom. The lowest BCUT2D eigenvalue weighted by Crippen LogP contribution is -2.37. The summed E-state index contributed by atoms with van der Waals surface area (Å²) in [4.78, 5) is 14.3. The second-order valence-corrected chi connectivity index (χ2v) is 5.28. The summed E-state index contributed by atoms with van der Waals surface area (Å²) in [5, 5.41) is 0. The van der Waals surface area contributed by atoms with E-state index in [0.29, 0.717) is 13.2 Å². The second kappa shape index (κ2) is 6.75. The Morgan fingerprint density at radius 1 is 1.30 bits per heavy atom. The van der Waals surface area contributed by atoms with Crippen molar-refractivity contribution in [3.8, 4) is 5.75 Å². The fourth-order valence-corrected chi connectivity index (χ4v) is 2.53. The molecule has 20 heavy (non-hydrogen) atoms. The smallest absolute Gasteiger partial charge is 0.226 e. The minimum atomic E-state index is 0.0660. The van der Waals surface area contributed by atoms with Crippen LogP contribution in [0, 0.1) is 5.92 Å². The van der Waals surface area contributed by atoms with Gasteiger partial charge in [-0.1, -0.05) is 12.1 Å². The van der Waals surface area contributed by atoms with Gasteiger partial charge < -0.3 is 14.4 Å². The van der Waals surface area contributed by atoms with E-state index in [-0.39, 0.29) is 17.9 Å². The van der Waals surface area contributed by atoms with Crippen molar-refractivity contribution < 1.29 is 14.3 Å². The summed E-state index contributed by atoms with van der Waals surface area (Å²) in [6, 6.07) is 7.95. The van der Waals surface area contributed by atoms with E-state index in [0.717, 1.165) is 24.2 Å². The Balaban J connectivity index is 2.02. The molecule has 1 aliphatic heterocycles. The molecule has 4 heteroatoms. The van der Waals surface area contributed by atoms with Crippen molar-refractivity contribution in [3.05, 3.63) is 29.8 Å². The SMILES string of the molecule is COc1ccc([C@H](C)N(C)C(=O)C2CCOCC2)cc1. The topological polar surface area (TPSA) is 38.8 Å². The highest BCUT2D eigenvalue weighted by Gasteiger charge is 2.27. The number of hydrogen-bond donors (Lipinski definition) is 0. The number of amides is 1. The molecule has 0 saturated carbocycles. The van der Waals surface area contributed by atoms with Gasteiger partial charge in [-0.25, -0.2) is 0 Å². The van der Waals surface area contributed by atoms with Crippen molar-refractivity contribution in [2.45, 2.75) is 25.8 Å². The molecule has 1 amide bonds. The van der Waals surface area contributed by atoms with Crippen LogP contribution in [0.3, 0.4) is 0 Å². The van der Waals surface area contributed by atoms with E-state index in [1.807, 2.05) is 36.2 Å². The lowest BCUT2D eigenvalue weighted by atomic mass is 9.97. The molecule has 4 nitrogen and oxygen atoms in total. The molecule has 110 valence electrons. The Morgan fingerprint density at radius 3 is 2.45 bits per heavy atom. The van der Waals surface area contributed by atoms with Crippen molar-refractivity contribution in [3.63, 3.8) is 0 Å². The molecular weight excluding hydrogens is 254 g/mol. The summed E-state index contributed by atoms with van der Waals surface area (Å²) in [6.45, 7) is 3.45. The minimum absolute atomic E-state index is 0.0660. The van der Waals surface area contributed by atoms with Gasteiger partial charge in [0.15, 0.2) is 0 Å². The van der Waals surface area contributed by atoms with Crippen molar-refractivity contribution >= 4 is 5.91 Å². The summed E-state index contributed by atoms with van der Waals surface area (Å²) in [5.41, 5.74) is 1.12. The standard InChI is InChI=1S/C16H23NO3/c1-12(13-4-6-15(19-3)7-5-13)17(2)16(18)14-8-10-20-11-9-14/h4-7,12,14H,8-11H2,1-3H3/t12-/m0/s1. The van der Waals surface area contributed by atoms with E-state index in [1.165, 1.54) is 0 Å². The van der Waals surface area contributed by atoms with E-state index in [1.54, 1.807) is 7.11 Å². The van der Waals surface area contributed by atoms with Gasteiger partial charge in [-0.2, -0.15) is 0 Å². The molecule has 0 aliphatic carbocycles. The number of rotatable bonds is 4. The van der Waals surface area contributed by atoms with E-state index >= 15 is 0 Å². The molecule has 2 rings (SSSR count). The van der Waals surface area contributed by atoms with E-state index in [2.05, 4.69) is 6.92 Å². The lowest BCUT2D eigenvalue weighted by molar-refractivity contribution is -0.139. The van der Waals surface area contributed by atoms with Gasteiger partial charge in [0.25, 0.3) is 0 Å². The molecule has 1 atom stereocenters. The van der Waals surface area contributed by atoms with Crippen molar-refractivity contribution in [1.29, 1.82) is 0 Å². The first-order valence-electron chi connectivity index (χ1n) is 7.12. The van der Waals surface area contributed by atoms with Gasteiger partial charge >= 0.3 is 0 Å². The maximum atomic E-state index is 12.5. The highest BCUT2D eigenvalue weighted by molar-refractivity contribution is 5.79. The normalized spacial score (nSPS) is 17.6. The average Bonchev–Trinajstić information content (AvgIpc) is 2.53. The van der Waals surface area contributed by atoms with Gasteiger partial charge in [-0.05, 0) is 37.5 Å². The molecule has 0 radical (unpaired) electrons. The van der Waals surface area contributed by atoms with Crippen LogP contribution in [-0.2, 0) is 9.53 Å². The van der Waals surface area contributed by atoms with Crippen LogP contribution in [0.2, 0.25) is 0 Å². The van der Waals surface area contributed by atoms with Gasteiger partial charge in [0.05, 0.1) is 13.2 Å². The van der Waals surface area contributed by atoms with Crippen LogP contribution in [-0.4, -0.2) is 38.2 Å². The summed E-state index contributed by atoms with van der Waals surface area (Å²) in [6.07, 6.45) is 1.66. The van der Waals surface area contributed by atoms with E-state index in [9.17, 15) is 4.79 Å². The fraction of sp³-hybridized carbons (Fsp3) is 0.562. The Kier molecular flexibility index (Phi) is 5.01. The van der Waals surface area contributed by atoms with Gasteiger partial charge in [0.1, 0.15) is 5.75 Å². The van der Waals surface area contributed by atoms with Gasteiger partial charge in [-0.15, -0.1) is 0 Å². The van der Waals surface area contributed by atoms with Gasteiger partial charge in [-0.3, -0.25) is 4.79 Å². The third-order valence-electron chi connectivity index (χ3n) is 4.10. The Bertz CT molecular complexity index is 438. The molecular formula is C16H23NO3. The quantitative estimate of drug-likeness (QED) is 0.849. The molecule has 0 unspecified atom stereocenters. The molecule has 0 bridgehead atoms. The highest BCUT2D eigenvalue weighted by Crippen LogP contribution is 2.25. The average molecular weight is 277 g/mol. The van der Waals surface area contributed by atoms with Gasteiger partial charge in [0, 0.05) is 26.2 Å². The summed E-state index contributed by atoms with van der Waals surface area (Å²) in [5.74, 6) is 1.16. The van der Waals surface area contributed by atoms with E-state index in [4.69, 9.17) is 9.47 Å². The number of hydrogen-bond acceptors (Lipinski definition) is 3. The molecule has 1 fully saturated rings. The maximum absolute atomic E-state index is 12.5. The molecule has 1 aliphatic rings. The summed E-state index contributed by atoms with van der Waals surface area (Å²) < 4.78 is 10.5. The second-order valence-electron chi connectivity index (χ2n) is 5.28.